The number of amides is 3. The van der Waals surface area contributed by atoms with Crippen molar-refractivity contribution < 1.29 is 19.1 Å². The number of benzene rings is 1. The standard InChI is InChI=1S/C30H51N3O4S/c1-8-11-13-20-31-27(34)26(24-17-15-23(10-3)16-18-24)33(21-14-12-9-2)28(35)25(19-22-38-7)32-29(36)37-30(4,5)6/h15-18,25-26H,8-14,19-22H2,1-7H3,(H,31,34)(H,32,36). The molecule has 1 aromatic rings. The van der Waals surface area contributed by atoms with Crippen molar-refractivity contribution in [2.75, 3.05) is 25.1 Å². The molecule has 216 valence electrons. The molecule has 2 N–H and O–H groups in total. The second kappa shape index (κ2) is 18.1. The van der Waals surface area contributed by atoms with E-state index in [0.29, 0.717) is 25.3 Å². The van der Waals surface area contributed by atoms with Crippen LogP contribution in [-0.4, -0.2) is 59.5 Å². The lowest BCUT2D eigenvalue weighted by molar-refractivity contribution is -0.142. The van der Waals surface area contributed by atoms with Gasteiger partial charge in [0.1, 0.15) is 17.7 Å². The Labute approximate surface area is 235 Å². The van der Waals surface area contributed by atoms with Crippen LogP contribution in [0.2, 0.25) is 0 Å². The number of unbranched alkanes of at least 4 members (excludes halogenated alkanes) is 4. The van der Waals surface area contributed by atoms with Crippen molar-refractivity contribution in [1.29, 1.82) is 0 Å². The molecule has 0 saturated heterocycles. The van der Waals surface area contributed by atoms with Gasteiger partial charge in [0.2, 0.25) is 11.8 Å². The van der Waals surface area contributed by atoms with Crippen LogP contribution in [0.15, 0.2) is 24.3 Å². The molecule has 0 aliphatic heterocycles. The summed E-state index contributed by atoms with van der Waals surface area (Å²) >= 11 is 1.61. The minimum atomic E-state index is -0.788. The molecule has 0 spiro atoms. The van der Waals surface area contributed by atoms with Gasteiger partial charge in [-0.2, -0.15) is 11.8 Å². The molecule has 0 radical (unpaired) electrons. The number of rotatable bonds is 17. The maximum atomic E-state index is 14.1. The van der Waals surface area contributed by atoms with E-state index in [0.717, 1.165) is 50.5 Å². The molecule has 1 aromatic carbocycles. The van der Waals surface area contributed by atoms with Gasteiger partial charge in [-0.05, 0) is 69.6 Å². The summed E-state index contributed by atoms with van der Waals surface area (Å²) in [4.78, 5) is 42.1. The van der Waals surface area contributed by atoms with Crippen molar-refractivity contribution in [1.82, 2.24) is 15.5 Å². The first-order chi connectivity index (χ1) is 18.1. The number of thioether (sulfide) groups is 1. The number of alkyl carbamates (subject to hydrolysis) is 1. The summed E-state index contributed by atoms with van der Waals surface area (Å²) in [6.07, 6.45) is 8.38. The number of hydrogen-bond acceptors (Lipinski definition) is 5. The van der Waals surface area contributed by atoms with E-state index in [4.69, 9.17) is 4.74 Å². The quantitative estimate of drug-likeness (QED) is 0.224. The molecule has 0 bridgehead atoms. The molecular weight excluding hydrogens is 498 g/mol. The van der Waals surface area contributed by atoms with Gasteiger partial charge in [0.05, 0.1) is 0 Å². The van der Waals surface area contributed by atoms with E-state index < -0.39 is 23.8 Å². The topological polar surface area (TPSA) is 87.7 Å². The third-order valence-corrected chi connectivity index (χ3v) is 6.87. The molecule has 1 rings (SSSR count). The molecule has 0 aromatic heterocycles. The molecule has 38 heavy (non-hydrogen) atoms. The van der Waals surface area contributed by atoms with E-state index in [1.54, 1.807) is 37.4 Å². The zero-order valence-corrected chi connectivity index (χ0v) is 25.5. The van der Waals surface area contributed by atoms with E-state index in [-0.39, 0.29) is 11.8 Å². The Balaban J connectivity index is 3.40. The van der Waals surface area contributed by atoms with Crippen LogP contribution in [0.3, 0.4) is 0 Å². The lowest BCUT2D eigenvalue weighted by Crippen LogP contribution is -2.53. The Morgan fingerprint density at radius 3 is 2.16 bits per heavy atom. The van der Waals surface area contributed by atoms with Crippen LogP contribution in [-0.2, 0) is 20.7 Å². The minimum absolute atomic E-state index is 0.184. The second-order valence-corrected chi connectivity index (χ2v) is 11.7. The minimum Gasteiger partial charge on any atom is -0.444 e. The Morgan fingerprint density at radius 2 is 1.61 bits per heavy atom. The van der Waals surface area contributed by atoms with Crippen LogP contribution in [0, 0.1) is 0 Å². The van der Waals surface area contributed by atoms with Crippen molar-refractivity contribution in [2.45, 2.75) is 111 Å². The van der Waals surface area contributed by atoms with Gasteiger partial charge in [-0.15, -0.1) is 0 Å². The van der Waals surface area contributed by atoms with Crippen LogP contribution < -0.4 is 10.6 Å². The Kier molecular flexibility index (Phi) is 16.1. The van der Waals surface area contributed by atoms with Crippen LogP contribution in [0.25, 0.3) is 0 Å². The van der Waals surface area contributed by atoms with Crippen molar-refractivity contribution in [3.63, 3.8) is 0 Å². The average molecular weight is 550 g/mol. The highest BCUT2D eigenvalue weighted by molar-refractivity contribution is 7.98. The average Bonchev–Trinajstić information content (AvgIpc) is 2.87. The monoisotopic (exact) mass is 549 g/mol. The van der Waals surface area contributed by atoms with Crippen LogP contribution in [0.5, 0.6) is 0 Å². The smallest absolute Gasteiger partial charge is 0.408 e. The fourth-order valence-corrected chi connectivity index (χ4v) is 4.60. The molecule has 0 saturated carbocycles. The number of nitrogens with one attached hydrogen (secondary N) is 2. The molecule has 0 aliphatic rings. The van der Waals surface area contributed by atoms with Gasteiger partial charge >= 0.3 is 6.09 Å². The summed E-state index contributed by atoms with van der Waals surface area (Å²) in [5.41, 5.74) is 1.27. The van der Waals surface area contributed by atoms with Gasteiger partial charge in [-0.3, -0.25) is 9.59 Å². The Morgan fingerprint density at radius 1 is 0.974 bits per heavy atom. The van der Waals surface area contributed by atoms with Crippen LogP contribution >= 0.6 is 11.8 Å². The summed E-state index contributed by atoms with van der Waals surface area (Å²) < 4.78 is 5.46. The largest absolute Gasteiger partial charge is 0.444 e. The predicted octanol–water partition coefficient (Wildman–Crippen LogP) is 6.26. The fourth-order valence-electron chi connectivity index (χ4n) is 4.13. The number of carbonyl (C=O) groups excluding carboxylic acids is 3. The van der Waals surface area contributed by atoms with Crippen molar-refractivity contribution in [3.8, 4) is 0 Å². The first-order valence-corrected chi connectivity index (χ1v) is 15.6. The predicted molar refractivity (Wildman–Crippen MR) is 158 cm³/mol. The summed E-state index contributed by atoms with van der Waals surface area (Å²) in [5.74, 6) is 0.249. The molecular formula is C30H51N3O4S. The fraction of sp³-hybridized carbons (Fsp3) is 0.700. The first kappa shape index (κ1) is 33.8. The highest BCUT2D eigenvalue weighted by Crippen LogP contribution is 2.25. The lowest BCUT2D eigenvalue weighted by Gasteiger charge is -2.34. The molecule has 0 fully saturated rings. The highest BCUT2D eigenvalue weighted by Gasteiger charge is 2.35. The molecule has 7 nitrogen and oxygen atoms in total. The zero-order valence-electron chi connectivity index (χ0n) is 24.7. The van der Waals surface area contributed by atoms with Crippen molar-refractivity contribution >= 4 is 29.7 Å². The second-order valence-electron chi connectivity index (χ2n) is 10.7. The summed E-state index contributed by atoms with van der Waals surface area (Å²) in [5, 5.41) is 5.88. The normalized spacial score (nSPS) is 12.9. The van der Waals surface area contributed by atoms with Gasteiger partial charge < -0.3 is 20.3 Å². The first-order valence-electron chi connectivity index (χ1n) is 14.2. The van der Waals surface area contributed by atoms with E-state index >= 15 is 0 Å². The van der Waals surface area contributed by atoms with Gasteiger partial charge in [0.15, 0.2) is 0 Å². The molecule has 2 atom stereocenters. The van der Waals surface area contributed by atoms with E-state index in [1.165, 1.54) is 5.56 Å². The van der Waals surface area contributed by atoms with Crippen molar-refractivity contribution in [2.24, 2.45) is 0 Å². The molecule has 0 heterocycles. The molecule has 2 unspecified atom stereocenters. The lowest BCUT2D eigenvalue weighted by atomic mass is 9.99. The molecule has 8 heteroatoms. The van der Waals surface area contributed by atoms with E-state index in [9.17, 15) is 14.4 Å². The summed E-state index contributed by atoms with van der Waals surface area (Å²) in [7, 11) is 0. The third-order valence-electron chi connectivity index (χ3n) is 6.23. The molecule has 0 aliphatic carbocycles. The van der Waals surface area contributed by atoms with E-state index in [2.05, 4.69) is 31.4 Å². The summed E-state index contributed by atoms with van der Waals surface area (Å²) in [6.45, 7) is 12.7. The number of nitrogens with zero attached hydrogens (tertiary/aromatic N) is 1. The number of hydrogen-bond donors (Lipinski definition) is 2. The number of carbonyl (C=O) groups is 3. The number of ether oxygens (including phenoxy) is 1. The van der Waals surface area contributed by atoms with Crippen LogP contribution in [0.1, 0.15) is 104 Å². The van der Waals surface area contributed by atoms with Crippen LogP contribution in [0.4, 0.5) is 4.79 Å². The van der Waals surface area contributed by atoms with E-state index in [1.807, 2.05) is 30.5 Å². The number of aryl methyl sites for hydroxylation is 1. The highest BCUT2D eigenvalue weighted by atomic mass is 32.2. The summed E-state index contributed by atoms with van der Waals surface area (Å²) in [6, 6.07) is 6.38. The molecule has 3 amide bonds. The van der Waals surface area contributed by atoms with Gasteiger partial charge in [-0.1, -0.05) is 70.7 Å². The van der Waals surface area contributed by atoms with Gasteiger partial charge in [0, 0.05) is 13.1 Å². The maximum absolute atomic E-state index is 14.1. The third kappa shape index (κ3) is 12.5. The SMILES string of the molecule is CCCCCNC(=O)C(c1ccc(CC)cc1)N(CCCCC)C(=O)C(CCSC)NC(=O)OC(C)(C)C. The van der Waals surface area contributed by atoms with Gasteiger partial charge in [0.25, 0.3) is 0 Å². The maximum Gasteiger partial charge on any atom is 0.408 e. The van der Waals surface area contributed by atoms with Crippen molar-refractivity contribution in [3.05, 3.63) is 35.4 Å². The van der Waals surface area contributed by atoms with Gasteiger partial charge in [-0.25, -0.2) is 4.79 Å². The Hall–Kier alpha value is -2.22. The Bertz CT molecular complexity index is 839. The zero-order chi connectivity index (χ0) is 28.6.